The van der Waals surface area contributed by atoms with E-state index >= 15 is 0 Å². The summed E-state index contributed by atoms with van der Waals surface area (Å²) in [5.74, 6) is 0. The summed E-state index contributed by atoms with van der Waals surface area (Å²) >= 11 is 9.28. The molecule has 1 aromatic carbocycles. The first-order chi connectivity index (χ1) is 6.59. The molecule has 0 fully saturated rings. The lowest BCUT2D eigenvalue weighted by molar-refractivity contribution is 0.447. The maximum Gasteiger partial charge on any atom is 0.315 e. The topological polar surface area (TPSA) is 63.3 Å². The van der Waals surface area contributed by atoms with Gasteiger partial charge in [0.15, 0.2) is 5.58 Å². The van der Waals surface area contributed by atoms with Crippen LogP contribution in [-0.2, 0) is 11.1 Å². The zero-order valence-corrected chi connectivity index (χ0v) is 8.86. The second-order valence-electron chi connectivity index (χ2n) is 2.44. The van der Waals surface area contributed by atoms with E-state index < -0.39 is 11.1 Å². The maximum atomic E-state index is 10.6. The second-order valence-corrected chi connectivity index (χ2v) is 4.07. The Balaban J connectivity index is 2.77. The van der Waals surface area contributed by atoms with Crippen molar-refractivity contribution in [2.75, 3.05) is 0 Å². The van der Waals surface area contributed by atoms with E-state index in [-0.39, 0.29) is 15.8 Å². The summed E-state index contributed by atoms with van der Waals surface area (Å²) in [5, 5.41) is 0.247. The summed E-state index contributed by atoms with van der Waals surface area (Å²) in [6.45, 7) is 0. The summed E-state index contributed by atoms with van der Waals surface area (Å²) < 4.78 is 24.3. The molecule has 14 heavy (non-hydrogen) atoms. The van der Waals surface area contributed by atoms with Gasteiger partial charge in [0.2, 0.25) is 11.1 Å². The molecule has 0 aliphatic rings. The lowest BCUT2D eigenvalue weighted by Crippen LogP contribution is -1.86. The highest BCUT2D eigenvalue weighted by molar-refractivity contribution is 7.79. The van der Waals surface area contributed by atoms with Gasteiger partial charge in [0.25, 0.3) is 0 Å². The third-order valence-electron chi connectivity index (χ3n) is 1.58. The number of oxazole rings is 1. The molecule has 1 aromatic heterocycles. The van der Waals surface area contributed by atoms with Crippen molar-refractivity contribution in [2.45, 2.75) is 5.22 Å². The van der Waals surface area contributed by atoms with Gasteiger partial charge in [-0.15, -0.1) is 0 Å². The van der Waals surface area contributed by atoms with Gasteiger partial charge in [-0.25, -0.2) is 4.21 Å². The Morgan fingerprint density at radius 3 is 2.79 bits per heavy atom. The van der Waals surface area contributed by atoms with Crippen LogP contribution in [0, 0.1) is 0 Å². The smallest absolute Gasteiger partial charge is 0.315 e. The average molecular weight is 252 g/mol. The van der Waals surface area contributed by atoms with Crippen molar-refractivity contribution in [3.05, 3.63) is 22.2 Å². The summed E-state index contributed by atoms with van der Waals surface area (Å²) in [4.78, 5) is 3.74. The van der Waals surface area contributed by atoms with Crippen molar-refractivity contribution in [3.63, 3.8) is 0 Å². The summed E-state index contributed by atoms with van der Waals surface area (Å²) in [6, 6.07) is 3.06. The van der Waals surface area contributed by atoms with Gasteiger partial charge in [-0.2, -0.15) is 4.98 Å². The second kappa shape index (κ2) is 3.51. The van der Waals surface area contributed by atoms with Crippen molar-refractivity contribution in [1.29, 1.82) is 0 Å². The Morgan fingerprint density at radius 1 is 1.43 bits per heavy atom. The average Bonchev–Trinajstić information content (AvgIpc) is 2.56. The summed E-state index contributed by atoms with van der Waals surface area (Å²) in [5.41, 5.74) is 0.619. The van der Waals surface area contributed by atoms with Gasteiger partial charge in [0, 0.05) is 0 Å². The Kier molecular flexibility index (Phi) is 2.48. The van der Waals surface area contributed by atoms with E-state index in [0.717, 1.165) is 0 Å². The standard InChI is InChI=1S/C7H3Cl2NO3S/c8-3-1-2-4-6(5(3)9)10-7(13-4)14(11)12/h1-2H,(H,11,12). The van der Waals surface area contributed by atoms with Crippen LogP contribution in [0.3, 0.4) is 0 Å². The molecule has 1 N–H and O–H groups in total. The third-order valence-corrected chi connectivity index (χ3v) is 2.85. The minimum atomic E-state index is -2.26. The Hall–Kier alpha value is -0.620. The van der Waals surface area contributed by atoms with Crippen LogP contribution in [0.4, 0.5) is 0 Å². The molecule has 1 heterocycles. The molecule has 0 radical (unpaired) electrons. The van der Waals surface area contributed by atoms with Crippen molar-refractivity contribution in [3.8, 4) is 0 Å². The van der Waals surface area contributed by atoms with Gasteiger partial charge < -0.3 is 4.42 Å². The van der Waals surface area contributed by atoms with Gasteiger partial charge in [0.05, 0.1) is 10.0 Å². The first-order valence-corrected chi connectivity index (χ1v) is 5.31. The highest BCUT2D eigenvalue weighted by Gasteiger charge is 2.14. The van der Waals surface area contributed by atoms with E-state index in [9.17, 15) is 4.21 Å². The molecule has 0 saturated carbocycles. The molecule has 2 aromatic rings. The molecule has 1 atom stereocenters. The minimum Gasteiger partial charge on any atom is -0.428 e. The molecule has 0 amide bonds. The minimum absolute atomic E-state index is 0.213. The van der Waals surface area contributed by atoms with Crippen LogP contribution in [0.15, 0.2) is 21.8 Å². The van der Waals surface area contributed by atoms with Crippen molar-refractivity contribution in [2.24, 2.45) is 0 Å². The van der Waals surface area contributed by atoms with E-state index in [2.05, 4.69) is 4.98 Å². The largest absolute Gasteiger partial charge is 0.428 e. The van der Waals surface area contributed by atoms with Gasteiger partial charge in [-0.3, -0.25) is 4.55 Å². The predicted octanol–water partition coefficient (Wildman–Crippen LogP) is 2.72. The van der Waals surface area contributed by atoms with Crippen molar-refractivity contribution < 1.29 is 13.2 Å². The first kappa shape index (κ1) is 9.92. The van der Waals surface area contributed by atoms with E-state index in [0.29, 0.717) is 10.6 Å². The summed E-state index contributed by atoms with van der Waals surface area (Å²) in [7, 11) is 0. The van der Waals surface area contributed by atoms with Crippen LogP contribution in [-0.4, -0.2) is 13.7 Å². The van der Waals surface area contributed by atoms with Crippen LogP contribution in [0.2, 0.25) is 10.0 Å². The number of hydrogen-bond acceptors (Lipinski definition) is 3. The molecule has 0 bridgehead atoms. The lowest BCUT2D eigenvalue weighted by atomic mass is 10.3. The van der Waals surface area contributed by atoms with Gasteiger partial charge in [-0.05, 0) is 12.1 Å². The molecule has 2 rings (SSSR count). The van der Waals surface area contributed by atoms with Crippen LogP contribution >= 0.6 is 23.2 Å². The number of fused-ring (bicyclic) bond motifs is 1. The SMILES string of the molecule is O=S(O)c1nc2c(Cl)c(Cl)ccc2o1. The van der Waals surface area contributed by atoms with Crippen LogP contribution in [0.5, 0.6) is 0 Å². The number of aromatic nitrogens is 1. The van der Waals surface area contributed by atoms with Crippen LogP contribution in [0.25, 0.3) is 11.1 Å². The molecular formula is C7H3Cl2NO3S. The Morgan fingerprint density at radius 2 is 2.14 bits per heavy atom. The molecule has 74 valence electrons. The molecule has 4 nitrogen and oxygen atoms in total. The predicted molar refractivity (Wildman–Crippen MR) is 53.1 cm³/mol. The van der Waals surface area contributed by atoms with Crippen molar-refractivity contribution in [1.82, 2.24) is 4.98 Å². The molecule has 1 unspecified atom stereocenters. The Labute approximate surface area is 91.1 Å². The fourth-order valence-corrected chi connectivity index (χ4v) is 1.67. The highest BCUT2D eigenvalue weighted by Crippen LogP contribution is 2.30. The molecule has 0 aliphatic carbocycles. The molecule has 0 saturated heterocycles. The quantitative estimate of drug-likeness (QED) is 0.792. The monoisotopic (exact) mass is 251 g/mol. The summed E-state index contributed by atoms with van der Waals surface area (Å²) in [6.07, 6.45) is 0. The van der Waals surface area contributed by atoms with Crippen molar-refractivity contribution >= 4 is 45.4 Å². The number of hydrogen-bond donors (Lipinski definition) is 1. The van der Waals surface area contributed by atoms with Gasteiger partial charge in [-0.1, -0.05) is 23.2 Å². The number of benzene rings is 1. The molecule has 0 aliphatic heterocycles. The molecule has 7 heteroatoms. The zero-order chi connectivity index (χ0) is 10.3. The number of nitrogens with zero attached hydrogens (tertiary/aromatic N) is 1. The third kappa shape index (κ3) is 1.52. The molecular weight excluding hydrogens is 249 g/mol. The fourth-order valence-electron chi connectivity index (χ4n) is 0.992. The van der Waals surface area contributed by atoms with E-state index in [1.54, 1.807) is 0 Å². The zero-order valence-electron chi connectivity index (χ0n) is 6.53. The maximum absolute atomic E-state index is 10.6. The van der Waals surface area contributed by atoms with Crippen LogP contribution in [0.1, 0.15) is 0 Å². The highest BCUT2D eigenvalue weighted by atomic mass is 35.5. The van der Waals surface area contributed by atoms with E-state index in [1.807, 2.05) is 0 Å². The van der Waals surface area contributed by atoms with Crippen LogP contribution < -0.4 is 0 Å². The van der Waals surface area contributed by atoms with Gasteiger partial charge in [0.1, 0.15) is 5.52 Å². The van der Waals surface area contributed by atoms with Gasteiger partial charge >= 0.3 is 5.22 Å². The fraction of sp³-hybridized carbons (Fsp3) is 0. The molecule has 0 spiro atoms. The number of halogens is 2. The van der Waals surface area contributed by atoms with E-state index in [4.69, 9.17) is 32.2 Å². The number of rotatable bonds is 1. The van der Waals surface area contributed by atoms with E-state index in [1.165, 1.54) is 12.1 Å². The first-order valence-electron chi connectivity index (χ1n) is 3.45. The Bertz CT molecular complexity index is 525. The lowest BCUT2D eigenvalue weighted by Gasteiger charge is -1.92. The normalized spacial score (nSPS) is 13.4.